The fourth-order valence-electron chi connectivity index (χ4n) is 2.71. The first kappa shape index (κ1) is 15.6. The van der Waals surface area contributed by atoms with Crippen LogP contribution >= 0.6 is 0 Å². The van der Waals surface area contributed by atoms with Crippen molar-refractivity contribution in [1.82, 2.24) is 14.9 Å². The molecule has 0 saturated carbocycles. The van der Waals surface area contributed by atoms with Crippen LogP contribution in [0.1, 0.15) is 25.2 Å². The third-order valence-corrected chi connectivity index (χ3v) is 3.88. The molecule has 3 aromatic rings. The number of aromatic nitrogens is 2. The van der Waals surface area contributed by atoms with Crippen LogP contribution in [0.5, 0.6) is 5.75 Å². The molecule has 0 aliphatic rings. The van der Waals surface area contributed by atoms with Crippen LogP contribution in [0.3, 0.4) is 0 Å². The summed E-state index contributed by atoms with van der Waals surface area (Å²) in [6, 6.07) is 16.5. The number of fused-ring (bicyclic) bond motifs is 1. The van der Waals surface area contributed by atoms with E-state index in [0.29, 0.717) is 6.61 Å². The normalized spacial score (nSPS) is 11.3. The van der Waals surface area contributed by atoms with Gasteiger partial charge in [-0.25, -0.2) is 4.98 Å². The smallest absolute Gasteiger partial charge is 0.121 e. The monoisotopic (exact) mass is 309 g/mol. The number of nitrogens with zero attached hydrogens (tertiary/aromatic N) is 2. The van der Waals surface area contributed by atoms with Gasteiger partial charge in [-0.2, -0.15) is 0 Å². The van der Waals surface area contributed by atoms with Gasteiger partial charge in [0, 0.05) is 12.6 Å². The second kappa shape index (κ2) is 7.29. The number of nitrogens with one attached hydrogen (secondary N) is 1. The fourth-order valence-corrected chi connectivity index (χ4v) is 2.71. The van der Waals surface area contributed by atoms with Crippen LogP contribution in [-0.2, 0) is 13.1 Å². The standard InChI is InChI=1S/C19H23N3O/c1-3-22(13-15-8-6-5-7-9-15)14-19-20-17-11-10-16(23-4-2)12-18(17)21-19/h5-12H,3-4,13-14H2,1-2H3,(H,20,21). The van der Waals surface area contributed by atoms with Crippen molar-refractivity contribution in [2.45, 2.75) is 26.9 Å². The zero-order chi connectivity index (χ0) is 16.1. The van der Waals surface area contributed by atoms with Crippen LogP contribution in [0.4, 0.5) is 0 Å². The molecule has 2 aromatic carbocycles. The summed E-state index contributed by atoms with van der Waals surface area (Å²) in [6.07, 6.45) is 0. The summed E-state index contributed by atoms with van der Waals surface area (Å²) >= 11 is 0. The number of rotatable bonds is 7. The second-order valence-corrected chi connectivity index (χ2v) is 5.58. The van der Waals surface area contributed by atoms with Crippen LogP contribution in [-0.4, -0.2) is 28.0 Å². The largest absolute Gasteiger partial charge is 0.494 e. The Morgan fingerprint density at radius 2 is 1.87 bits per heavy atom. The lowest BCUT2D eigenvalue weighted by Crippen LogP contribution is -2.22. The number of hydrogen-bond donors (Lipinski definition) is 1. The molecule has 1 aromatic heterocycles. The van der Waals surface area contributed by atoms with E-state index >= 15 is 0 Å². The van der Waals surface area contributed by atoms with E-state index < -0.39 is 0 Å². The quantitative estimate of drug-likeness (QED) is 0.717. The summed E-state index contributed by atoms with van der Waals surface area (Å²) in [6.45, 7) is 7.57. The van der Waals surface area contributed by atoms with Gasteiger partial charge in [0.15, 0.2) is 0 Å². The Morgan fingerprint density at radius 3 is 2.61 bits per heavy atom. The molecule has 1 N–H and O–H groups in total. The first-order valence-corrected chi connectivity index (χ1v) is 8.16. The maximum absolute atomic E-state index is 5.55. The highest BCUT2D eigenvalue weighted by Crippen LogP contribution is 2.20. The number of hydrogen-bond acceptors (Lipinski definition) is 3. The van der Waals surface area contributed by atoms with Crippen molar-refractivity contribution in [1.29, 1.82) is 0 Å². The summed E-state index contributed by atoms with van der Waals surface area (Å²) in [5, 5.41) is 0. The molecule has 0 unspecified atom stereocenters. The topological polar surface area (TPSA) is 41.1 Å². The minimum absolute atomic E-state index is 0.674. The molecular weight excluding hydrogens is 286 g/mol. The van der Waals surface area contributed by atoms with E-state index in [2.05, 4.69) is 47.1 Å². The molecule has 23 heavy (non-hydrogen) atoms. The van der Waals surface area contributed by atoms with E-state index in [1.165, 1.54) is 5.56 Å². The van der Waals surface area contributed by atoms with Gasteiger partial charge in [-0.1, -0.05) is 37.3 Å². The summed E-state index contributed by atoms with van der Waals surface area (Å²) in [7, 11) is 0. The average molecular weight is 309 g/mol. The van der Waals surface area contributed by atoms with E-state index in [4.69, 9.17) is 9.72 Å². The summed E-state index contributed by atoms with van der Waals surface area (Å²) < 4.78 is 5.55. The molecule has 120 valence electrons. The first-order chi connectivity index (χ1) is 11.3. The third kappa shape index (κ3) is 3.90. The predicted octanol–water partition coefficient (Wildman–Crippen LogP) is 3.98. The summed E-state index contributed by atoms with van der Waals surface area (Å²) in [4.78, 5) is 10.5. The molecular formula is C19H23N3O. The molecule has 0 radical (unpaired) electrons. The van der Waals surface area contributed by atoms with Crippen LogP contribution in [0, 0.1) is 0 Å². The lowest BCUT2D eigenvalue weighted by Gasteiger charge is -2.19. The Balaban J connectivity index is 1.74. The van der Waals surface area contributed by atoms with Crippen molar-refractivity contribution in [3.05, 3.63) is 59.9 Å². The van der Waals surface area contributed by atoms with Crippen molar-refractivity contribution in [3.63, 3.8) is 0 Å². The van der Waals surface area contributed by atoms with E-state index in [9.17, 15) is 0 Å². The number of imidazole rings is 1. The zero-order valence-electron chi connectivity index (χ0n) is 13.7. The molecule has 0 aliphatic heterocycles. The maximum Gasteiger partial charge on any atom is 0.121 e. The molecule has 0 aliphatic carbocycles. The Bertz CT molecular complexity index is 752. The van der Waals surface area contributed by atoms with Gasteiger partial charge in [-0.3, -0.25) is 4.90 Å². The summed E-state index contributed by atoms with van der Waals surface area (Å²) in [5.74, 6) is 1.87. The highest BCUT2D eigenvalue weighted by Gasteiger charge is 2.09. The van der Waals surface area contributed by atoms with Crippen molar-refractivity contribution in [2.75, 3.05) is 13.2 Å². The minimum Gasteiger partial charge on any atom is -0.494 e. The van der Waals surface area contributed by atoms with Crippen molar-refractivity contribution in [3.8, 4) is 5.75 Å². The Kier molecular flexibility index (Phi) is 4.93. The van der Waals surface area contributed by atoms with E-state index in [-0.39, 0.29) is 0 Å². The molecule has 4 heteroatoms. The molecule has 1 heterocycles. The molecule has 0 saturated heterocycles. The third-order valence-electron chi connectivity index (χ3n) is 3.88. The van der Waals surface area contributed by atoms with Gasteiger partial charge < -0.3 is 9.72 Å². The molecule has 0 bridgehead atoms. The van der Waals surface area contributed by atoms with Gasteiger partial charge >= 0.3 is 0 Å². The van der Waals surface area contributed by atoms with E-state index in [0.717, 1.165) is 42.2 Å². The molecule has 0 amide bonds. The summed E-state index contributed by atoms with van der Waals surface area (Å²) in [5.41, 5.74) is 3.34. The van der Waals surface area contributed by atoms with Crippen molar-refractivity contribution >= 4 is 11.0 Å². The first-order valence-electron chi connectivity index (χ1n) is 8.16. The second-order valence-electron chi connectivity index (χ2n) is 5.58. The van der Waals surface area contributed by atoms with E-state index in [1.807, 2.05) is 25.1 Å². The van der Waals surface area contributed by atoms with Gasteiger partial charge in [-0.05, 0) is 31.2 Å². The van der Waals surface area contributed by atoms with Crippen LogP contribution in [0.15, 0.2) is 48.5 Å². The Labute approximate surface area is 137 Å². The zero-order valence-corrected chi connectivity index (χ0v) is 13.7. The van der Waals surface area contributed by atoms with Crippen LogP contribution < -0.4 is 4.74 Å². The molecule has 3 rings (SSSR count). The highest BCUT2D eigenvalue weighted by molar-refractivity contribution is 5.76. The molecule has 0 spiro atoms. The number of ether oxygens (including phenoxy) is 1. The fraction of sp³-hybridized carbons (Fsp3) is 0.316. The Hall–Kier alpha value is -2.33. The van der Waals surface area contributed by atoms with Crippen molar-refractivity contribution in [2.24, 2.45) is 0 Å². The van der Waals surface area contributed by atoms with Gasteiger partial charge in [0.2, 0.25) is 0 Å². The number of H-pyrrole nitrogens is 1. The van der Waals surface area contributed by atoms with Crippen LogP contribution in [0.2, 0.25) is 0 Å². The van der Waals surface area contributed by atoms with Gasteiger partial charge in [-0.15, -0.1) is 0 Å². The van der Waals surface area contributed by atoms with Gasteiger partial charge in [0.1, 0.15) is 11.6 Å². The predicted molar refractivity (Wildman–Crippen MR) is 93.5 cm³/mol. The van der Waals surface area contributed by atoms with Gasteiger partial charge in [0.05, 0.1) is 24.2 Å². The lowest BCUT2D eigenvalue weighted by atomic mass is 10.2. The minimum atomic E-state index is 0.674. The maximum atomic E-state index is 5.55. The van der Waals surface area contributed by atoms with E-state index in [1.54, 1.807) is 0 Å². The Morgan fingerprint density at radius 1 is 1.04 bits per heavy atom. The van der Waals surface area contributed by atoms with Crippen LogP contribution in [0.25, 0.3) is 11.0 Å². The molecule has 0 fully saturated rings. The molecule has 4 nitrogen and oxygen atoms in total. The number of benzene rings is 2. The average Bonchev–Trinajstić information content (AvgIpc) is 2.97. The highest BCUT2D eigenvalue weighted by atomic mass is 16.5. The SMILES string of the molecule is CCOc1ccc2nc(CN(CC)Cc3ccccc3)[nH]c2c1. The lowest BCUT2D eigenvalue weighted by molar-refractivity contribution is 0.265. The molecule has 0 atom stereocenters. The number of aromatic amines is 1. The van der Waals surface area contributed by atoms with Crippen molar-refractivity contribution < 1.29 is 4.74 Å². The van der Waals surface area contributed by atoms with Gasteiger partial charge in [0.25, 0.3) is 0 Å².